The first kappa shape index (κ1) is 121. The van der Waals surface area contributed by atoms with Crippen molar-refractivity contribution in [3.05, 3.63) is 24.3 Å². The average molecular weight is 1930 g/mol. The second-order valence-corrected chi connectivity index (χ2v) is 46.5. The predicted molar refractivity (Wildman–Crippen MR) is 524 cm³/mol. The van der Waals surface area contributed by atoms with Crippen LogP contribution in [-0.4, -0.2) is 223 Å². The summed E-state index contributed by atoms with van der Waals surface area (Å²) in [4.78, 5) is 254. The molecule has 2 aliphatic rings. The number of rotatable bonds is 57. The van der Waals surface area contributed by atoms with Gasteiger partial charge in [-0.2, -0.15) is 0 Å². The number of unbranched alkanes of at least 4 members (excludes halogenated alkanes) is 1. The van der Waals surface area contributed by atoms with Gasteiger partial charge in [0, 0.05) is 30.5 Å². The van der Waals surface area contributed by atoms with Crippen molar-refractivity contribution in [2.45, 2.75) is 403 Å². The monoisotopic (exact) mass is 1930 g/mol. The highest BCUT2D eigenvalue weighted by Gasteiger charge is 2.46. The van der Waals surface area contributed by atoms with Crippen molar-refractivity contribution >= 4 is 128 Å². The Morgan fingerprint density at radius 1 is 0.276 bits per heavy atom. The fourth-order valence-electron chi connectivity index (χ4n) is 14.4. The Morgan fingerprint density at radius 2 is 0.478 bits per heavy atom. The number of nitrogens with one attached hydrogen (secondary N) is 18. The summed E-state index contributed by atoms with van der Waals surface area (Å²) in [5.41, 5.74) is -13.6. The molecule has 1 heterocycles. The summed E-state index contributed by atoms with van der Waals surface area (Å²) in [6, 6.07) is -9.82. The summed E-state index contributed by atoms with van der Waals surface area (Å²) in [7, 11) is 3.75. The zero-order chi connectivity index (χ0) is 103. The number of hydrogen-bond donors (Lipinski definition) is 18. The van der Waals surface area contributed by atoms with E-state index in [1.165, 1.54) is 111 Å². The fourth-order valence-corrected chi connectivity index (χ4v) is 17.4. The van der Waals surface area contributed by atoms with E-state index in [4.69, 9.17) is 0 Å². The highest BCUT2D eigenvalue weighted by molar-refractivity contribution is 8.77. The number of carbonyl (C=O) groups is 18. The first-order valence-corrected chi connectivity index (χ1v) is 50.0. The normalized spacial score (nSPS) is 15.8. The Morgan fingerprint density at radius 3 is 0.679 bits per heavy atom. The molecule has 1 aliphatic carbocycles. The van der Waals surface area contributed by atoms with Crippen LogP contribution >= 0.6 is 21.6 Å². The quantitative estimate of drug-likeness (QED) is 0.0242. The van der Waals surface area contributed by atoms with Crippen LogP contribution in [0.3, 0.4) is 0 Å². The van der Waals surface area contributed by atoms with Crippen LogP contribution in [0, 0.1) is 53.3 Å². The Labute approximate surface area is 804 Å². The summed E-state index contributed by atoms with van der Waals surface area (Å²) in [5, 5.41) is 49.9. The van der Waals surface area contributed by atoms with Gasteiger partial charge in [-0.25, -0.2) is 0 Å². The van der Waals surface area contributed by atoms with Gasteiger partial charge in [-0.1, -0.05) is 163 Å². The van der Waals surface area contributed by atoms with Crippen LogP contribution in [0.2, 0.25) is 0 Å². The van der Waals surface area contributed by atoms with Gasteiger partial charge in [0.15, 0.2) is 0 Å². The molecule has 38 heteroatoms. The number of hydrogen-bond acceptors (Lipinski definition) is 20. The minimum Gasteiger partial charge on any atom is -0.354 e. The van der Waals surface area contributed by atoms with Gasteiger partial charge in [-0.05, 0) is 229 Å². The molecule has 1 fully saturated rings. The van der Waals surface area contributed by atoms with Gasteiger partial charge in [-0.15, -0.1) is 0 Å². The van der Waals surface area contributed by atoms with Crippen LogP contribution in [0.25, 0.3) is 0 Å². The molecule has 134 heavy (non-hydrogen) atoms. The standard InChI is InChI=1S/C96H168N18O18S2/c1-53(2)45-63(99-71(115)40-36-35-39-62-41-44-133-134-62)73(117)108-90(19,20)82(126)101-65(47-55(5)6)75(119)110-92(23,24)84(128)103-67(49-57(9)10)77(121)112-94(27,28)86(130)105-69(51-59(13)14)79(123)114-96(31,32)88(132)106-70(52-60(15)16)80(124)113-95(29,30)87(131)104-68(50-58(11)12)78(122)111-93(25,26)85(129)102-66(48-56(7)8)76(120)109-91(21,22)83(127)100-64(46-54(3)4)74(118)107-89(17,18)81(125)98-43-42-97-72(116)61-37-33-34-38-61/h33-34,37-38,53-70H,35-36,39-52H2,1-32H3,(H,97,116)(H,98,125)(H,99,115)(H,100,127)(H,101,126)(H,102,129)(H,103,128)(H,104,131)(H,105,130)(H,106,132)(H,107,118)(H,108,117)(H,109,120)(H,110,119)(H,111,122)(H,112,121)(H,113,124)(H,114,123)/t62?,63-,64-,65-,66-,67-,68-,69-,70-/m0/s1. The van der Waals surface area contributed by atoms with E-state index in [-0.39, 0.29) is 124 Å². The summed E-state index contributed by atoms with van der Waals surface area (Å²) in [5.74, 6) is -13.2. The highest BCUT2D eigenvalue weighted by Crippen LogP contribution is 2.40. The van der Waals surface area contributed by atoms with Gasteiger partial charge in [-0.3, -0.25) is 86.3 Å². The molecule has 0 radical (unpaired) electrons. The number of allylic oxidation sites excluding steroid dienone is 2. The predicted octanol–water partition coefficient (Wildman–Crippen LogP) is 6.08. The van der Waals surface area contributed by atoms with Crippen molar-refractivity contribution in [2.24, 2.45) is 53.3 Å². The fraction of sp³-hybridized carbons (Fsp3) is 0.771. The van der Waals surface area contributed by atoms with Crippen LogP contribution in [-0.2, 0) is 86.3 Å². The van der Waals surface area contributed by atoms with Crippen LogP contribution in [0.15, 0.2) is 24.3 Å². The molecule has 9 atom stereocenters. The Hall–Kier alpha value is -9.36. The molecular weight excluding hydrogens is 1760 g/mol. The zero-order valence-corrected chi connectivity index (χ0v) is 87.8. The van der Waals surface area contributed by atoms with Crippen molar-refractivity contribution < 1.29 is 86.3 Å². The lowest BCUT2D eigenvalue weighted by atomic mass is 9.95. The minimum absolute atomic E-state index is 0.0126. The van der Waals surface area contributed by atoms with Gasteiger partial charge in [0.05, 0.1) is 5.92 Å². The molecule has 0 spiro atoms. The van der Waals surface area contributed by atoms with Crippen molar-refractivity contribution in [1.29, 1.82) is 0 Å². The molecule has 2 rings (SSSR count). The molecule has 1 aliphatic heterocycles. The third kappa shape index (κ3) is 42.5. The molecule has 0 aromatic heterocycles. The van der Waals surface area contributed by atoms with Crippen molar-refractivity contribution in [3.63, 3.8) is 0 Å². The van der Waals surface area contributed by atoms with E-state index in [9.17, 15) is 86.3 Å². The average Bonchev–Trinajstić information content (AvgIpc) is 0.943. The van der Waals surface area contributed by atoms with E-state index < -0.39 is 193 Å². The first-order valence-electron chi connectivity index (χ1n) is 47.6. The van der Waals surface area contributed by atoms with E-state index in [1.54, 1.807) is 65.8 Å². The molecule has 0 aromatic rings. The Balaban J connectivity index is 2.26. The lowest BCUT2D eigenvalue weighted by molar-refractivity contribution is -0.140. The molecule has 1 saturated heterocycles. The van der Waals surface area contributed by atoms with E-state index >= 15 is 0 Å². The summed E-state index contributed by atoms with van der Waals surface area (Å²) >= 11 is 0. The summed E-state index contributed by atoms with van der Waals surface area (Å²) in [6.45, 7) is 52.2. The topological polar surface area (TPSA) is 524 Å². The van der Waals surface area contributed by atoms with Gasteiger partial charge >= 0.3 is 0 Å². The molecule has 18 amide bonds. The second kappa shape index (κ2) is 53.4. The Kier molecular flexibility index (Phi) is 48.1. The van der Waals surface area contributed by atoms with Crippen LogP contribution in [0.5, 0.6) is 0 Å². The largest absolute Gasteiger partial charge is 0.354 e. The van der Waals surface area contributed by atoms with Crippen molar-refractivity contribution in [1.82, 2.24) is 95.7 Å². The van der Waals surface area contributed by atoms with E-state index in [1.807, 2.05) is 90.8 Å². The lowest BCUT2D eigenvalue weighted by Gasteiger charge is -2.35. The van der Waals surface area contributed by atoms with Crippen molar-refractivity contribution in [3.8, 4) is 0 Å². The maximum Gasteiger partial charge on any atom is 0.245 e. The third-order valence-corrected chi connectivity index (χ3v) is 25.4. The molecule has 0 bridgehead atoms. The van der Waals surface area contributed by atoms with Gasteiger partial charge < -0.3 is 95.7 Å². The number of amides is 18. The molecule has 0 aromatic carbocycles. The van der Waals surface area contributed by atoms with Crippen LogP contribution in [0.4, 0.5) is 0 Å². The second-order valence-electron chi connectivity index (χ2n) is 43.7. The minimum atomic E-state index is -1.79. The smallest absolute Gasteiger partial charge is 0.245 e. The Bertz CT molecular complexity index is 4090. The molecule has 762 valence electrons. The van der Waals surface area contributed by atoms with Gasteiger partial charge in [0.1, 0.15) is 92.6 Å². The highest BCUT2D eigenvalue weighted by atomic mass is 33.1. The van der Waals surface area contributed by atoms with E-state index in [0.717, 1.165) is 25.0 Å². The van der Waals surface area contributed by atoms with Crippen molar-refractivity contribution in [2.75, 3.05) is 18.8 Å². The van der Waals surface area contributed by atoms with Gasteiger partial charge in [0.2, 0.25) is 106 Å². The maximum absolute atomic E-state index is 14.5. The molecule has 36 nitrogen and oxygen atoms in total. The molecular formula is C96H168N18O18S2. The summed E-state index contributed by atoms with van der Waals surface area (Å²) < 4.78 is 0. The molecule has 0 saturated carbocycles. The first-order chi connectivity index (χ1) is 61.4. The van der Waals surface area contributed by atoms with E-state index in [2.05, 4.69) is 95.7 Å². The van der Waals surface area contributed by atoms with Crippen LogP contribution in [0.1, 0.15) is 305 Å². The zero-order valence-electron chi connectivity index (χ0n) is 86.2. The van der Waals surface area contributed by atoms with E-state index in [0.29, 0.717) is 18.1 Å². The third-order valence-electron chi connectivity index (χ3n) is 22.4. The number of carbonyl (C=O) groups excluding carboxylic acids is 18. The molecule has 18 N–H and O–H groups in total. The molecule has 1 unspecified atom stereocenters. The van der Waals surface area contributed by atoms with Gasteiger partial charge in [0.25, 0.3) is 0 Å². The van der Waals surface area contributed by atoms with Crippen LogP contribution < -0.4 is 95.7 Å². The SMILES string of the molecule is CC(C)C[C@H](NC(=O)CCCCC1CCSS1)C(=O)NC(C)(C)C(=O)N[C@@H](CC(C)C)C(=O)NC(C)(C)C(=O)N[C@@H](CC(C)C)C(=O)NC(C)(C)C(=O)N[C@@H](CC(C)C)C(=O)NC(C)(C)C(=O)N[C@@H](CC(C)C)C(=O)NC(C)(C)C(=O)N[C@@H](CC(C)C)C(=O)NC(C)(C)C(=O)N[C@@H](CC(C)C)C(=O)NC(C)(C)C(=O)N[C@@H](CC(C)C)C(=O)NC(C)(C)C(=O)NCCNC(=O)C1C=CC=C1. The lowest BCUT2D eigenvalue weighted by Crippen LogP contribution is -2.66. The summed E-state index contributed by atoms with van der Waals surface area (Å²) in [6.07, 6.45) is 11.8. The maximum atomic E-state index is 14.5.